The van der Waals surface area contributed by atoms with E-state index in [0.29, 0.717) is 41.9 Å². The van der Waals surface area contributed by atoms with Gasteiger partial charge in [0.05, 0.1) is 24.2 Å². The maximum Gasteiger partial charge on any atom is 0.408 e. The van der Waals surface area contributed by atoms with E-state index in [9.17, 15) is 4.79 Å². The van der Waals surface area contributed by atoms with Gasteiger partial charge in [-0.2, -0.15) is 21.5 Å². The summed E-state index contributed by atoms with van der Waals surface area (Å²) < 4.78 is 5.12. The quantitative estimate of drug-likeness (QED) is 0.0318. The normalized spacial score (nSPS) is 11.4. The number of nitrogens with one attached hydrogen (secondary N) is 1. The topological polar surface area (TPSA) is 120 Å². The van der Waals surface area contributed by atoms with E-state index >= 15 is 0 Å². The van der Waals surface area contributed by atoms with Crippen LogP contribution in [-0.2, 0) is 24.3 Å². The molecule has 35 heavy (non-hydrogen) atoms. The van der Waals surface area contributed by atoms with Crippen molar-refractivity contribution in [2.45, 2.75) is 0 Å². The van der Waals surface area contributed by atoms with Crippen LogP contribution in [0.2, 0.25) is 0 Å². The smallest absolute Gasteiger partial charge is 0.408 e. The number of alkyl carbamates (subject to hydrolysis) is 1. The van der Waals surface area contributed by atoms with Gasteiger partial charge in [0, 0.05) is 31.8 Å². The fourth-order valence-electron chi connectivity index (χ4n) is 1.39. The molecule has 0 aliphatic carbocycles. The molecule has 0 saturated heterocycles. The van der Waals surface area contributed by atoms with Crippen LogP contribution < -0.4 is 5.32 Å². The number of nitrogens with zero attached hydrogens (tertiary/aromatic N) is 2. The monoisotopic (exact) mass is 647 g/mol. The van der Waals surface area contributed by atoms with Gasteiger partial charge < -0.3 is 24.9 Å². The lowest BCUT2D eigenvalue weighted by Gasteiger charge is -2.06. The van der Waals surface area contributed by atoms with E-state index in [0.717, 1.165) is 26.1 Å². The summed E-state index contributed by atoms with van der Waals surface area (Å²) in [5.41, 5.74) is 0. The van der Waals surface area contributed by atoms with Crippen molar-refractivity contribution in [2.24, 2.45) is 9.98 Å². The molecule has 0 aromatic rings. The van der Waals surface area contributed by atoms with Crippen LogP contribution in [0.25, 0.3) is 0 Å². The lowest BCUT2D eigenvalue weighted by molar-refractivity contribution is -0.210. The van der Waals surface area contributed by atoms with E-state index < -0.39 is 6.09 Å². The molecule has 206 valence electrons. The summed E-state index contributed by atoms with van der Waals surface area (Å²) in [6.45, 7) is 0.631. The van der Waals surface area contributed by atoms with Crippen molar-refractivity contribution in [3.8, 4) is 0 Å². The number of thioether (sulfide) groups is 8. The molecule has 0 radical (unpaired) electrons. The number of aliphatic hydroxyl groups is 1. The minimum absolute atomic E-state index is 0.174. The summed E-state index contributed by atoms with van der Waals surface area (Å²) >= 11 is 13.1. The molecule has 0 heterocycles. The van der Waals surface area contributed by atoms with Crippen LogP contribution in [-0.4, -0.2) is 105 Å². The van der Waals surface area contributed by atoms with Gasteiger partial charge >= 0.3 is 6.09 Å². The Hall–Kier alpha value is 0.890. The molecule has 0 aromatic heterocycles. The molecule has 10 nitrogen and oxygen atoms in total. The highest BCUT2D eigenvalue weighted by atomic mass is 32.2. The van der Waals surface area contributed by atoms with Gasteiger partial charge in [0.1, 0.15) is 18.5 Å². The molecule has 0 aliphatic heterocycles. The van der Waals surface area contributed by atoms with Crippen molar-refractivity contribution < 1.29 is 34.2 Å². The van der Waals surface area contributed by atoms with Gasteiger partial charge in [0.2, 0.25) is 12.8 Å². The maximum atomic E-state index is 11.6. The second kappa shape index (κ2) is 32.9. The molecule has 0 aromatic carbocycles. The lowest BCUT2D eigenvalue weighted by atomic mass is 10.9. The standard InChI is InChI=1S/C17H33N3O7S8/c1-28-8-18-6-26-27-12-33-16-35-15-32-11-23-17(22)20-10-31-14-34-13-30-9-19-7-25-24-3-5-29-4-2-21/h6-7,21H,2-5,8-16H2,1H3,(H,20,22)/b18-6+,19-7+. The number of hydrogen-bond acceptors (Lipinski definition) is 17. The number of carbonyl (C=O) groups excluding carboxylic acids is 1. The molecule has 18 heteroatoms. The minimum Gasteiger partial charge on any atom is -0.438 e. The van der Waals surface area contributed by atoms with Crippen molar-refractivity contribution in [2.75, 3.05) is 80.8 Å². The molecule has 1 amide bonds. The molecule has 0 unspecified atom stereocenters. The third-order valence-electron chi connectivity index (χ3n) is 2.68. The Morgan fingerprint density at radius 2 is 1.51 bits per heavy atom. The van der Waals surface area contributed by atoms with Crippen LogP contribution >= 0.6 is 94.1 Å². The van der Waals surface area contributed by atoms with Gasteiger partial charge in [-0.25, -0.2) is 14.8 Å². The summed E-state index contributed by atoms with van der Waals surface area (Å²) in [6, 6.07) is 0. The predicted octanol–water partition coefficient (Wildman–Crippen LogP) is 4.77. The molecule has 0 atom stereocenters. The zero-order valence-electron chi connectivity index (χ0n) is 19.4. The summed E-state index contributed by atoms with van der Waals surface area (Å²) in [7, 11) is 0. The molecule has 0 bridgehead atoms. The van der Waals surface area contributed by atoms with E-state index in [1.54, 1.807) is 94.1 Å². The third-order valence-corrected chi connectivity index (χ3v) is 10.6. The molecule has 0 aliphatic rings. The number of ether oxygens (including phenoxy) is 1. The van der Waals surface area contributed by atoms with Crippen LogP contribution in [0.4, 0.5) is 4.79 Å². The van der Waals surface area contributed by atoms with Gasteiger partial charge in [-0.3, -0.25) is 0 Å². The Labute approximate surface area is 241 Å². The molecular weight excluding hydrogens is 615 g/mol. The first-order valence-corrected chi connectivity index (χ1v) is 19.4. The van der Waals surface area contributed by atoms with Gasteiger partial charge in [-0.1, -0.05) is 0 Å². The van der Waals surface area contributed by atoms with E-state index in [1.165, 1.54) is 12.8 Å². The average molecular weight is 648 g/mol. The molecule has 2 N–H and O–H groups in total. The Morgan fingerprint density at radius 3 is 2.29 bits per heavy atom. The van der Waals surface area contributed by atoms with Crippen LogP contribution in [0.3, 0.4) is 0 Å². The summed E-state index contributed by atoms with van der Waals surface area (Å²) in [5.74, 6) is 3.98. The first-order valence-electron chi connectivity index (χ1n) is 9.89. The van der Waals surface area contributed by atoms with Crippen molar-refractivity contribution >= 4 is 113 Å². The molecule has 0 fully saturated rings. The Bertz CT molecular complexity index is 516. The number of aliphatic imine (C=N–C) groups is 2. The summed E-state index contributed by atoms with van der Waals surface area (Å²) in [5, 5.41) is 14.8. The number of carbonyl (C=O) groups is 1. The van der Waals surface area contributed by atoms with E-state index in [-0.39, 0.29) is 6.61 Å². The number of amides is 1. The lowest BCUT2D eigenvalue weighted by Crippen LogP contribution is -2.23. The second-order valence-electron chi connectivity index (χ2n) is 5.28. The molecule has 0 rings (SSSR count). The van der Waals surface area contributed by atoms with Crippen LogP contribution in [0.15, 0.2) is 9.98 Å². The SMILES string of the molecule is CSC/N=C/OOCSCSCSCOC(=O)NCSCSCSC/N=C/OOCCSCCO. The second-order valence-corrected chi connectivity index (χ2v) is 14.6. The largest absolute Gasteiger partial charge is 0.438 e. The third kappa shape index (κ3) is 32.9. The highest BCUT2D eigenvalue weighted by Crippen LogP contribution is 2.18. The van der Waals surface area contributed by atoms with E-state index in [4.69, 9.17) is 29.4 Å². The summed E-state index contributed by atoms with van der Waals surface area (Å²) in [6.07, 6.45) is 4.16. The zero-order valence-corrected chi connectivity index (χ0v) is 25.9. The first kappa shape index (κ1) is 35.9. The Morgan fingerprint density at radius 1 is 0.829 bits per heavy atom. The highest BCUT2D eigenvalue weighted by Gasteiger charge is 2.01. The van der Waals surface area contributed by atoms with E-state index in [2.05, 4.69) is 15.3 Å². The Kier molecular flexibility index (Phi) is 33.8. The van der Waals surface area contributed by atoms with Gasteiger partial charge in [0.15, 0.2) is 0 Å². The van der Waals surface area contributed by atoms with Gasteiger partial charge in [0.25, 0.3) is 0 Å². The van der Waals surface area contributed by atoms with Crippen molar-refractivity contribution in [3.63, 3.8) is 0 Å². The number of rotatable bonds is 27. The van der Waals surface area contributed by atoms with Crippen LogP contribution in [0.1, 0.15) is 0 Å². The van der Waals surface area contributed by atoms with Gasteiger partial charge in [-0.05, 0) is 6.26 Å². The fourth-order valence-corrected chi connectivity index (χ4v) is 7.65. The van der Waals surface area contributed by atoms with E-state index in [1.807, 2.05) is 6.26 Å². The molecule has 0 spiro atoms. The molecular formula is C17H33N3O7S8. The number of aliphatic hydroxyl groups excluding tert-OH is 1. The van der Waals surface area contributed by atoms with Crippen molar-refractivity contribution in [1.82, 2.24) is 5.32 Å². The highest BCUT2D eigenvalue weighted by molar-refractivity contribution is 8.23. The zero-order chi connectivity index (χ0) is 25.5. The van der Waals surface area contributed by atoms with Crippen molar-refractivity contribution in [1.29, 1.82) is 0 Å². The Balaban J connectivity index is 3.21. The fraction of sp³-hybridized carbons (Fsp3) is 0.824. The van der Waals surface area contributed by atoms with Crippen LogP contribution in [0, 0.1) is 0 Å². The van der Waals surface area contributed by atoms with Gasteiger partial charge in [-0.15, -0.1) is 82.3 Å². The van der Waals surface area contributed by atoms with Crippen molar-refractivity contribution in [3.05, 3.63) is 0 Å². The first-order chi connectivity index (χ1) is 17.3. The summed E-state index contributed by atoms with van der Waals surface area (Å²) in [4.78, 5) is 39.1. The average Bonchev–Trinajstić information content (AvgIpc) is 2.86. The number of hydrogen-bond donors (Lipinski definition) is 2. The minimum atomic E-state index is -0.402. The molecule has 0 saturated carbocycles. The predicted molar refractivity (Wildman–Crippen MR) is 163 cm³/mol. The maximum absolute atomic E-state index is 11.6. The van der Waals surface area contributed by atoms with Crippen LogP contribution in [0.5, 0.6) is 0 Å².